The van der Waals surface area contributed by atoms with Gasteiger partial charge >= 0.3 is 5.97 Å². The zero-order valence-corrected chi connectivity index (χ0v) is 14.3. The summed E-state index contributed by atoms with van der Waals surface area (Å²) in [5.74, 6) is -0.651. The average Bonchev–Trinajstić information content (AvgIpc) is 3.00. The molecular formula is C21H20FNO2. The van der Waals surface area contributed by atoms with Gasteiger partial charge < -0.3 is 9.30 Å². The molecule has 0 saturated carbocycles. The highest BCUT2D eigenvalue weighted by Crippen LogP contribution is 2.18. The van der Waals surface area contributed by atoms with Crippen LogP contribution in [-0.4, -0.2) is 17.6 Å². The molecule has 0 amide bonds. The van der Waals surface area contributed by atoms with Crippen LogP contribution < -0.4 is 0 Å². The van der Waals surface area contributed by atoms with Crippen molar-refractivity contribution in [2.45, 2.75) is 19.9 Å². The zero-order chi connectivity index (χ0) is 17.8. The van der Waals surface area contributed by atoms with Crippen LogP contribution in [0.5, 0.6) is 0 Å². The molecule has 4 heteroatoms. The van der Waals surface area contributed by atoms with Crippen LogP contribution in [0.4, 0.5) is 4.39 Å². The van der Waals surface area contributed by atoms with Crippen molar-refractivity contribution in [1.82, 2.24) is 4.57 Å². The van der Waals surface area contributed by atoms with E-state index in [0.29, 0.717) is 18.7 Å². The summed E-state index contributed by atoms with van der Waals surface area (Å²) >= 11 is 0. The van der Waals surface area contributed by atoms with Gasteiger partial charge in [0.05, 0.1) is 7.11 Å². The van der Waals surface area contributed by atoms with E-state index in [1.165, 1.54) is 30.4 Å². The lowest BCUT2D eigenvalue weighted by atomic mass is 10.1. The van der Waals surface area contributed by atoms with Crippen molar-refractivity contribution in [1.29, 1.82) is 0 Å². The number of rotatable bonds is 5. The van der Waals surface area contributed by atoms with Crippen molar-refractivity contribution in [2.24, 2.45) is 0 Å². The van der Waals surface area contributed by atoms with Gasteiger partial charge in [-0.25, -0.2) is 9.18 Å². The van der Waals surface area contributed by atoms with Gasteiger partial charge in [-0.3, -0.25) is 0 Å². The van der Waals surface area contributed by atoms with Gasteiger partial charge in [-0.2, -0.15) is 0 Å². The standard InChI is InChI=1S/C21H20FNO2/c1-15-3-5-16(6-4-15)13-19-11-12-20(21(24)25-2)23(19)14-17-7-9-18(22)10-8-17/h3-12H,13-14H2,1-2H3. The Kier molecular flexibility index (Phi) is 4.98. The summed E-state index contributed by atoms with van der Waals surface area (Å²) in [7, 11) is 1.37. The Morgan fingerprint density at radius 1 is 0.960 bits per heavy atom. The van der Waals surface area contributed by atoms with E-state index in [9.17, 15) is 9.18 Å². The maximum Gasteiger partial charge on any atom is 0.354 e. The summed E-state index contributed by atoms with van der Waals surface area (Å²) in [4.78, 5) is 12.1. The van der Waals surface area contributed by atoms with Crippen molar-refractivity contribution >= 4 is 5.97 Å². The number of carbonyl (C=O) groups is 1. The number of nitrogens with zero attached hydrogens (tertiary/aromatic N) is 1. The fourth-order valence-corrected chi connectivity index (χ4v) is 2.82. The highest BCUT2D eigenvalue weighted by molar-refractivity contribution is 5.88. The van der Waals surface area contributed by atoms with Gasteiger partial charge in [-0.1, -0.05) is 42.0 Å². The Balaban J connectivity index is 1.94. The lowest BCUT2D eigenvalue weighted by Crippen LogP contribution is -2.14. The molecule has 0 aliphatic rings. The fourth-order valence-electron chi connectivity index (χ4n) is 2.82. The van der Waals surface area contributed by atoms with Crippen molar-refractivity contribution in [3.63, 3.8) is 0 Å². The number of esters is 1. The van der Waals surface area contributed by atoms with Crippen LogP contribution in [0.25, 0.3) is 0 Å². The largest absolute Gasteiger partial charge is 0.464 e. The molecule has 3 aromatic rings. The maximum absolute atomic E-state index is 13.1. The lowest BCUT2D eigenvalue weighted by Gasteiger charge is -2.13. The third kappa shape index (κ3) is 3.97. The second kappa shape index (κ2) is 7.34. The number of hydrogen-bond donors (Lipinski definition) is 0. The van der Waals surface area contributed by atoms with Crippen LogP contribution in [0.3, 0.4) is 0 Å². The number of halogens is 1. The van der Waals surface area contributed by atoms with Gasteiger partial charge in [0, 0.05) is 18.7 Å². The van der Waals surface area contributed by atoms with E-state index in [2.05, 4.69) is 31.2 Å². The molecule has 3 nitrogen and oxygen atoms in total. The highest BCUT2D eigenvalue weighted by Gasteiger charge is 2.16. The van der Waals surface area contributed by atoms with Gasteiger partial charge in [-0.15, -0.1) is 0 Å². The minimum absolute atomic E-state index is 0.274. The first-order valence-electron chi connectivity index (χ1n) is 8.13. The minimum atomic E-state index is -0.378. The van der Waals surface area contributed by atoms with Crippen molar-refractivity contribution in [3.05, 3.63) is 94.6 Å². The monoisotopic (exact) mass is 337 g/mol. The van der Waals surface area contributed by atoms with Gasteiger partial charge in [0.1, 0.15) is 11.5 Å². The smallest absolute Gasteiger partial charge is 0.354 e. The summed E-state index contributed by atoms with van der Waals surface area (Å²) in [6.45, 7) is 2.54. The van der Waals surface area contributed by atoms with Gasteiger partial charge in [-0.05, 0) is 42.3 Å². The first-order valence-corrected chi connectivity index (χ1v) is 8.13. The van der Waals surface area contributed by atoms with E-state index in [1.54, 1.807) is 18.2 Å². The molecule has 3 rings (SSSR count). The number of carbonyl (C=O) groups excluding carboxylic acids is 1. The quantitative estimate of drug-likeness (QED) is 0.648. The molecule has 1 aromatic heterocycles. The van der Waals surface area contributed by atoms with E-state index in [1.807, 2.05) is 10.6 Å². The molecule has 0 bridgehead atoms. The van der Waals surface area contributed by atoms with Crippen LogP contribution in [0.1, 0.15) is 32.9 Å². The van der Waals surface area contributed by atoms with E-state index < -0.39 is 0 Å². The Hall–Kier alpha value is -2.88. The van der Waals surface area contributed by atoms with Crippen LogP contribution in [-0.2, 0) is 17.7 Å². The first-order chi connectivity index (χ1) is 12.1. The molecule has 2 aromatic carbocycles. The summed E-state index contributed by atoms with van der Waals surface area (Å²) in [5.41, 5.74) is 4.80. The lowest BCUT2D eigenvalue weighted by molar-refractivity contribution is 0.0588. The number of benzene rings is 2. The Morgan fingerprint density at radius 3 is 2.24 bits per heavy atom. The van der Waals surface area contributed by atoms with Gasteiger partial charge in [0.15, 0.2) is 0 Å². The average molecular weight is 337 g/mol. The number of ether oxygens (including phenoxy) is 1. The molecule has 0 saturated heterocycles. The third-order valence-corrected chi connectivity index (χ3v) is 4.23. The van der Waals surface area contributed by atoms with Crippen molar-refractivity contribution < 1.29 is 13.9 Å². The summed E-state index contributed by atoms with van der Waals surface area (Å²) in [6.07, 6.45) is 0.707. The molecular weight excluding hydrogens is 317 g/mol. The molecule has 25 heavy (non-hydrogen) atoms. The number of hydrogen-bond acceptors (Lipinski definition) is 2. The van der Waals surface area contributed by atoms with Crippen LogP contribution in [0.15, 0.2) is 60.7 Å². The Labute approximate surface area is 146 Å². The van der Waals surface area contributed by atoms with E-state index >= 15 is 0 Å². The molecule has 0 fully saturated rings. The molecule has 0 atom stereocenters. The SMILES string of the molecule is COC(=O)c1ccc(Cc2ccc(C)cc2)n1Cc1ccc(F)cc1. The molecule has 1 heterocycles. The zero-order valence-electron chi connectivity index (χ0n) is 14.3. The fraction of sp³-hybridized carbons (Fsp3) is 0.190. The Morgan fingerprint density at radius 2 is 1.60 bits per heavy atom. The van der Waals surface area contributed by atoms with Crippen molar-refractivity contribution in [3.8, 4) is 0 Å². The normalized spacial score (nSPS) is 10.7. The number of methoxy groups -OCH3 is 1. The molecule has 0 aliphatic carbocycles. The number of aromatic nitrogens is 1. The predicted molar refractivity (Wildman–Crippen MR) is 95.3 cm³/mol. The molecule has 128 valence electrons. The minimum Gasteiger partial charge on any atom is -0.464 e. The van der Waals surface area contributed by atoms with Crippen LogP contribution in [0.2, 0.25) is 0 Å². The first kappa shape index (κ1) is 17.0. The molecule has 0 radical (unpaired) electrons. The second-order valence-corrected chi connectivity index (χ2v) is 6.08. The van der Waals surface area contributed by atoms with Crippen molar-refractivity contribution in [2.75, 3.05) is 7.11 Å². The summed E-state index contributed by atoms with van der Waals surface area (Å²) in [6, 6.07) is 18.3. The topological polar surface area (TPSA) is 31.2 Å². The molecule has 0 aliphatic heterocycles. The van der Waals surface area contributed by atoms with E-state index in [-0.39, 0.29) is 11.8 Å². The second-order valence-electron chi connectivity index (χ2n) is 6.08. The molecule has 0 unspecified atom stereocenters. The van der Waals surface area contributed by atoms with Crippen LogP contribution in [0, 0.1) is 12.7 Å². The van der Waals surface area contributed by atoms with Gasteiger partial charge in [0.2, 0.25) is 0 Å². The number of aryl methyl sites for hydroxylation is 1. The third-order valence-electron chi connectivity index (χ3n) is 4.23. The summed E-state index contributed by atoms with van der Waals surface area (Å²) in [5, 5.41) is 0. The summed E-state index contributed by atoms with van der Waals surface area (Å²) < 4.78 is 20.0. The van der Waals surface area contributed by atoms with Crippen LogP contribution >= 0.6 is 0 Å². The van der Waals surface area contributed by atoms with E-state index in [4.69, 9.17) is 4.74 Å². The predicted octanol–water partition coefficient (Wildman–Crippen LogP) is 4.36. The van der Waals surface area contributed by atoms with E-state index in [0.717, 1.165) is 11.3 Å². The maximum atomic E-state index is 13.1. The highest BCUT2D eigenvalue weighted by atomic mass is 19.1. The van der Waals surface area contributed by atoms with Gasteiger partial charge in [0.25, 0.3) is 0 Å². The molecule has 0 spiro atoms. The molecule has 0 N–H and O–H groups in total. The Bertz CT molecular complexity index is 864.